The van der Waals surface area contributed by atoms with Gasteiger partial charge in [0.15, 0.2) is 0 Å². The Morgan fingerprint density at radius 3 is 2.69 bits per heavy atom. The third-order valence-corrected chi connectivity index (χ3v) is 5.15. The van der Waals surface area contributed by atoms with E-state index in [4.69, 9.17) is 4.74 Å². The van der Waals surface area contributed by atoms with E-state index in [1.807, 2.05) is 29.2 Å². The van der Waals surface area contributed by atoms with Gasteiger partial charge >= 0.3 is 0 Å². The zero-order chi connectivity index (χ0) is 18.5. The SMILES string of the molecule is COc1cccc(CC(=O)N2CC[C@H](O)[C@H](Cc3ccc(C)cc3)C2)c1. The molecule has 1 amide bonds. The summed E-state index contributed by atoms with van der Waals surface area (Å²) in [6.07, 6.45) is 1.45. The molecular formula is C22H27NO3. The minimum Gasteiger partial charge on any atom is -0.497 e. The summed E-state index contributed by atoms with van der Waals surface area (Å²) >= 11 is 0. The number of amides is 1. The topological polar surface area (TPSA) is 49.8 Å². The molecule has 4 nitrogen and oxygen atoms in total. The van der Waals surface area contributed by atoms with Gasteiger partial charge in [0.05, 0.1) is 19.6 Å². The van der Waals surface area contributed by atoms with Crippen LogP contribution >= 0.6 is 0 Å². The smallest absolute Gasteiger partial charge is 0.227 e. The van der Waals surface area contributed by atoms with Gasteiger partial charge in [-0.25, -0.2) is 0 Å². The second-order valence-corrected chi connectivity index (χ2v) is 7.17. The number of likely N-dealkylation sites (tertiary alicyclic amines) is 1. The van der Waals surface area contributed by atoms with Gasteiger partial charge in [-0.2, -0.15) is 0 Å². The molecule has 1 fully saturated rings. The van der Waals surface area contributed by atoms with E-state index in [9.17, 15) is 9.90 Å². The Hall–Kier alpha value is -2.33. The van der Waals surface area contributed by atoms with Crippen molar-refractivity contribution < 1.29 is 14.6 Å². The van der Waals surface area contributed by atoms with Gasteiger partial charge in [-0.05, 0) is 43.0 Å². The third-order valence-electron chi connectivity index (χ3n) is 5.15. The lowest BCUT2D eigenvalue weighted by atomic mass is 9.88. The molecule has 2 aromatic rings. The Morgan fingerprint density at radius 2 is 1.96 bits per heavy atom. The molecule has 1 saturated heterocycles. The maximum Gasteiger partial charge on any atom is 0.227 e. The van der Waals surface area contributed by atoms with Crippen LogP contribution in [0.25, 0.3) is 0 Å². The summed E-state index contributed by atoms with van der Waals surface area (Å²) in [5.74, 6) is 0.960. The summed E-state index contributed by atoms with van der Waals surface area (Å²) < 4.78 is 5.23. The molecule has 0 radical (unpaired) electrons. The number of piperidine rings is 1. The fourth-order valence-electron chi connectivity index (χ4n) is 3.54. The summed E-state index contributed by atoms with van der Waals surface area (Å²) in [5.41, 5.74) is 3.39. The molecule has 1 aliphatic heterocycles. The first-order valence-corrected chi connectivity index (χ1v) is 9.19. The molecule has 2 atom stereocenters. The van der Waals surface area contributed by atoms with E-state index in [1.54, 1.807) is 7.11 Å². The van der Waals surface area contributed by atoms with Crippen LogP contribution < -0.4 is 4.74 Å². The molecule has 0 aromatic heterocycles. The molecule has 0 bridgehead atoms. The van der Waals surface area contributed by atoms with Crippen LogP contribution in [-0.4, -0.2) is 42.2 Å². The zero-order valence-electron chi connectivity index (χ0n) is 15.5. The molecule has 1 heterocycles. The van der Waals surface area contributed by atoms with Gasteiger partial charge in [-0.3, -0.25) is 4.79 Å². The minimum atomic E-state index is -0.350. The molecule has 26 heavy (non-hydrogen) atoms. The standard InChI is InChI=1S/C22H27NO3/c1-16-6-8-17(9-7-16)12-19-15-23(11-10-21(19)24)22(25)14-18-4-3-5-20(13-18)26-2/h3-9,13,19,21,24H,10-12,14-15H2,1-2H3/t19-,21+/m1/s1. The maximum absolute atomic E-state index is 12.7. The van der Waals surface area contributed by atoms with Crippen LogP contribution in [0.3, 0.4) is 0 Å². The van der Waals surface area contributed by atoms with Gasteiger partial charge in [0, 0.05) is 19.0 Å². The number of carbonyl (C=O) groups excluding carboxylic acids is 1. The second kappa shape index (κ2) is 8.37. The van der Waals surface area contributed by atoms with E-state index in [2.05, 4.69) is 31.2 Å². The number of hydrogen-bond donors (Lipinski definition) is 1. The lowest BCUT2D eigenvalue weighted by Gasteiger charge is -2.36. The van der Waals surface area contributed by atoms with Gasteiger partial charge in [0.25, 0.3) is 0 Å². The Morgan fingerprint density at radius 1 is 1.19 bits per heavy atom. The first-order valence-electron chi connectivity index (χ1n) is 9.19. The van der Waals surface area contributed by atoms with E-state index in [0.717, 1.165) is 17.7 Å². The quantitative estimate of drug-likeness (QED) is 0.899. The highest BCUT2D eigenvalue weighted by Crippen LogP contribution is 2.23. The van der Waals surface area contributed by atoms with E-state index in [0.29, 0.717) is 25.9 Å². The van der Waals surface area contributed by atoms with Crippen molar-refractivity contribution in [3.8, 4) is 5.75 Å². The fourth-order valence-corrected chi connectivity index (χ4v) is 3.54. The largest absolute Gasteiger partial charge is 0.497 e. The van der Waals surface area contributed by atoms with Crippen molar-refractivity contribution in [2.24, 2.45) is 5.92 Å². The van der Waals surface area contributed by atoms with E-state index >= 15 is 0 Å². The average Bonchev–Trinajstić information content (AvgIpc) is 2.65. The van der Waals surface area contributed by atoms with Crippen LogP contribution in [0, 0.1) is 12.8 Å². The Labute approximate surface area is 155 Å². The van der Waals surface area contributed by atoms with Crippen molar-refractivity contribution in [2.45, 2.75) is 32.3 Å². The molecule has 0 saturated carbocycles. The van der Waals surface area contributed by atoms with Crippen LogP contribution in [0.2, 0.25) is 0 Å². The highest BCUT2D eigenvalue weighted by atomic mass is 16.5. The molecular weight excluding hydrogens is 326 g/mol. The number of aliphatic hydroxyl groups is 1. The number of ether oxygens (including phenoxy) is 1. The van der Waals surface area contributed by atoms with Crippen molar-refractivity contribution in [2.75, 3.05) is 20.2 Å². The van der Waals surface area contributed by atoms with Gasteiger partial charge in [0.1, 0.15) is 5.75 Å². The molecule has 1 aliphatic rings. The van der Waals surface area contributed by atoms with Crippen molar-refractivity contribution in [3.63, 3.8) is 0 Å². The van der Waals surface area contributed by atoms with Crippen molar-refractivity contribution in [3.05, 3.63) is 65.2 Å². The number of nitrogens with zero attached hydrogens (tertiary/aromatic N) is 1. The summed E-state index contributed by atoms with van der Waals surface area (Å²) in [5, 5.41) is 10.4. The number of carbonyl (C=O) groups is 1. The number of aryl methyl sites for hydroxylation is 1. The van der Waals surface area contributed by atoms with Crippen molar-refractivity contribution >= 4 is 5.91 Å². The summed E-state index contributed by atoms with van der Waals surface area (Å²) in [7, 11) is 1.63. The molecule has 0 spiro atoms. The predicted molar refractivity (Wildman–Crippen MR) is 102 cm³/mol. The first kappa shape index (κ1) is 18.5. The lowest BCUT2D eigenvalue weighted by Crippen LogP contribution is -2.47. The van der Waals surface area contributed by atoms with Crippen LogP contribution in [-0.2, 0) is 17.6 Å². The number of methoxy groups -OCH3 is 1. The normalized spacial score (nSPS) is 20.0. The number of aliphatic hydroxyl groups excluding tert-OH is 1. The minimum absolute atomic E-state index is 0.0840. The zero-order valence-corrected chi connectivity index (χ0v) is 15.5. The first-order chi connectivity index (χ1) is 12.5. The molecule has 138 valence electrons. The van der Waals surface area contributed by atoms with Crippen molar-refractivity contribution in [1.29, 1.82) is 0 Å². The summed E-state index contributed by atoms with van der Waals surface area (Å²) in [6, 6.07) is 16.0. The van der Waals surface area contributed by atoms with E-state index in [-0.39, 0.29) is 17.9 Å². The van der Waals surface area contributed by atoms with E-state index < -0.39 is 0 Å². The Kier molecular flexibility index (Phi) is 5.94. The molecule has 1 N–H and O–H groups in total. The summed E-state index contributed by atoms with van der Waals surface area (Å²) in [6.45, 7) is 3.30. The Balaban J connectivity index is 1.62. The molecule has 2 aromatic carbocycles. The van der Waals surface area contributed by atoms with Gasteiger partial charge in [-0.15, -0.1) is 0 Å². The molecule has 0 unspecified atom stereocenters. The van der Waals surface area contributed by atoms with Crippen LogP contribution in [0.4, 0.5) is 0 Å². The number of benzene rings is 2. The van der Waals surface area contributed by atoms with Crippen LogP contribution in [0.5, 0.6) is 5.75 Å². The van der Waals surface area contributed by atoms with Crippen LogP contribution in [0.1, 0.15) is 23.1 Å². The highest BCUT2D eigenvalue weighted by Gasteiger charge is 2.30. The van der Waals surface area contributed by atoms with E-state index in [1.165, 1.54) is 11.1 Å². The monoisotopic (exact) mass is 353 g/mol. The van der Waals surface area contributed by atoms with Gasteiger partial charge < -0.3 is 14.7 Å². The van der Waals surface area contributed by atoms with Gasteiger partial charge in [0.2, 0.25) is 5.91 Å². The predicted octanol–water partition coefficient (Wildman–Crippen LogP) is 3.00. The second-order valence-electron chi connectivity index (χ2n) is 7.17. The fraction of sp³-hybridized carbons (Fsp3) is 0.409. The number of hydrogen-bond acceptors (Lipinski definition) is 3. The van der Waals surface area contributed by atoms with Crippen molar-refractivity contribution in [1.82, 2.24) is 4.90 Å². The Bertz CT molecular complexity index is 741. The maximum atomic E-state index is 12.7. The van der Waals surface area contributed by atoms with Gasteiger partial charge in [-0.1, -0.05) is 42.0 Å². The molecule has 3 rings (SSSR count). The van der Waals surface area contributed by atoms with Crippen LogP contribution in [0.15, 0.2) is 48.5 Å². The molecule has 0 aliphatic carbocycles. The average molecular weight is 353 g/mol. The number of rotatable bonds is 5. The highest BCUT2D eigenvalue weighted by molar-refractivity contribution is 5.79. The third kappa shape index (κ3) is 4.64. The lowest BCUT2D eigenvalue weighted by molar-refractivity contribution is -0.134. The molecule has 4 heteroatoms. The summed E-state index contributed by atoms with van der Waals surface area (Å²) in [4.78, 5) is 14.6.